The van der Waals surface area contributed by atoms with Crippen LogP contribution in [-0.2, 0) is 4.74 Å². The Bertz CT molecular complexity index is 672. The van der Waals surface area contributed by atoms with Gasteiger partial charge >= 0.3 is 5.97 Å². The van der Waals surface area contributed by atoms with Crippen LogP contribution in [0.25, 0.3) is 5.69 Å². The van der Waals surface area contributed by atoms with Crippen molar-refractivity contribution in [1.82, 2.24) is 15.0 Å². The van der Waals surface area contributed by atoms with E-state index in [0.717, 1.165) is 30.5 Å². The molecular weight excluding hydrogens is 270 g/mol. The van der Waals surface area contributed by atoms with Crippen molar-refractivity contribution in [2.75, 3.05) is 6.61 Å². The highest BCUT2D eigenvalue weighted by Crippen LogP contribution is 2.41. The molecule has 6 nitrogen and oxygen atoms in total. The van der Waals surface area contributed by atoms with Gasteiger partial charge in [-0.15, -0.1) is 5.10 Å². The minimum Gasteiger partial charge on any atom is -0.462 e. The fourth-order valence-corrected chi connectivity index (χ4v) is 2.27. The summed E-state index contributed by atoms with van der Waals surface area (Å²) >= 11 is 0. The SMILES string of the molecule is CCOC(=O)c1ccc(-n2nnc(C=O)c2C2CC2)cc1. The maximum absolute atomic E-state index is 11.6. The number of benzene rings is 1. The fourth-order valence-electron chi connectivity index (χ4n) is 2.27. The van der Waals surface area contributed by atoms with Gasteiger partial charge in [-0.1, -0.05) is 5.21 Å². The van der Waals surface area contributed by atoms with Gasteiger partial charge in [0.15, 0.2) is 6.29 Å². The van der Waals surface area contributed by atoms with Crippen molar-refractivity contribution in [2.45, 2.75) is 25.7 Å². The average Bonchev–Trinajstić information content (AvgIpc) is 3.26. The number of carbonyl (C=O) groups is 2. The van der Waals surface area contributed by atoms with Gasteiger partial charge in [0.2, 0.25) is 0 Å². The Hall–Kier alpha value is -2.50. The number of aromatic nitrogens is 3. The minimum atomic E-state index is -0.348. The van der Waals surface area contributed by atoms with Crippen LogP contribution < -0.4 is 0 Å². The Balaban J connectivity index is 1.92. The second kappa shape index (κ2) is 5.47. The molecule has 0 bridgehead atoms. The van der Waals surface area contributed by atoms with Crippen LogP contribution in [0.1, 0.15) is 52.2 Å². The van der Waals surface area contributed by atoms with Crippen LogP contribution in [0.15, 0.2) is 24.3 Å². The number of esters is 1. The Kier molecular flexibility index (Phi) is 3.51. The van der Waals surface area contributed by atoms with Crippen molar-refractivity contribution < 1.29 is 14.3 Å². The van der Waals surface area contributed by atoms with Gasteiger partial charge in [-0.25, -0.2) is 9.48 Å². The summed E-state index contributed by atoms with van der Waals surface area (Å²) in [5, 5.41) is 7.96. The Morgan fingerprint density at radius 3 is 2.67 bits per heavy atom. The Morgan fingerprint density at radius 2 is 2.10 bits per heavy atom. The number of nitrogens with zero attached hydrogens (tertiary/aromatic N) is 3. The van der Waals surface area contributed by atoms with Crippen LogP contribution in [0.5, 0.6) is 0 Å². The smallest absolute Gasteiger partial charge is 0.338 e. The fraction of sp³-hybridized carbons (Fsp3) is 0.333. The van der Waals surface area contributed by atoms with Crippen LogP contribution in [-0.4, -0.2) is 33.9 Å². The van der Waals surface area contributed by atoms with E-state index >= 15 is 0 Å². The number of carbonyl (C=O) groups excluding carboxylic acids is 2. The van der Waals surface area contributed by atoms with E-state index in [-0.39, 0.29) is 5.97 Å². The van der Waals surface area contributed by atoms with Gasteiger partial charge in [-0.05, 0) is 44.0 Å². The van der Waals surface area contributed by atoms with E-state index in [0.29, 0.717) is 23.8 Å². The zero-order chi connectivity index (χ0) is 14.8. The first-order valence-corrected chi connectivity index (χ1v) is 6.93. The van der Waals surface area contributed by atoms with E-state index in [1.807, 2.05) is 0 Å². The lowest BCUT2D eigenvalue weighted by Gasteiger charge is -2.07. The van der Waals surface area contributed by atoms with E-state index in [1.165, 1.54) is 0 Å². The first kappa shape index (κ1) is 13.5. The maximum atomic E-state index is 11.6. The van der Waals surface area contributed by atoms with Crippen LogP contribution in [0.4, 0.5) is 0 Å². The maximum Gasteiger partial charge on any atom is 0.338 e. The van der Waals surface area contributed by atoms with Crippen molar-refractivity contribution in [3.05, 3.63) is 41.2 Å². The van der Waals surface area contributed by atoms with Gasteiger partial charge in [0, 0.05) is 5.92 Å². The normalized spacial score (nSPS) is 14.0. The molecule has 0 N–H and O–H groups in total. The molecule has 0 unspecified atom stereocenters. The number of hydrogen-bond donors (Lipinski definition) is 0. The van der Waals surface area contributed by atoms with E-state index in [9.17, 15) is 9.59 Å². The molecule has 0 spiro atoms. The molecule has 6 heteroatoms. The second-order valence-corrected chi connectivity index (χ2v) is 4.93. The largest absolute Gasteiger partial charge is 0.462 e. The first-order valence-electron chi connectivity index (χ1n) is 6.93. The quantitative estimate of drug-likeness (QED) is 0.621. The topological polar surface area (TPSA) is 74.1 Å². The molecule has 1 heterocycles. The molecule has 0 atom stereocenters. The molecule has 1 fully saturated rings. The molecular formula is C15H15N3O3. The molecule has 2 aromatic rings. The third-order valence-corrected chi connectivity index (χ3v) is 3.43. The number of rotatable bonds is 5. The molecule has 108 valence electrons. The third kappa shape index (κ3) is 2.56. The molecule has 1 saturated carbocycles. The van der Waals surface area contributed by atoms with Gasteiger partial charge in [0.25, 0.3) is 0 Å². The molecule has 1 aliphatic rings. The molecule has 1 aromatic heterocycles. The van der Waals surface area contributed by atoms with Gasteiger partial charge in [0.05, 0.1) is 23.6 Å². The summed E-state index contributed by atoms with van der Waals surface area (Å²) in [6.07, 6.45) is 2.84. The van der Waals surface area contributed by atoms with E-state index in [1.54, 1.807) is 35.9 Å². The third-order valence-electron chi connectivity index (χ3n) is 3.43. The van der Waals surface area contributed by atoms with Crippen LogP contribution >= 0.6 is 0 Å². The summed E-state index contributed by atoms with van der Waals surface area (Å²) in [5.41, 5.74) is 2.52. The molecule has 1 aliphatic carbocycles. The summed E-state index contributed by atoms with van der Waals surface area (Å²) in [7, 11) is 0. The van der Waals surface area contributed by atoms with E-state index in [2.05, 4.69) is 10.3 Å². The van der Waals surface area contributed by atoms with Crippen molar-refractivity contribution >= 4 is 12.3 Å². The highest BCUT2D eigenvalue weighted by atomic mass is 16.5. The molecule has 3 rings (SSSR count). The summed E-state index contributed by atoms with van der Waals surface area (Å²) in [5.74, 6) is 0.00331. The minimum absolute atomic E-state index is 0.345. The molecule has 0 saturated heterocycles. The first-order chi connectivity index (χ1) is 10.2. The van der Waals surface area contributed by atoms with Crippen LogP contribution in [0.2, 0.25) is 0 Å². The zero-order valence-corrected chi connectivity index (χ0v) is 11.7. The van der Waals surface area contributed by atoms with Gasteiger partial charge < -0.3 is 4.74 Å². The van der Waals surface area contributed by atoms with Crippen molar-refractivity contribution in [3.63, 3.8) is 0 Å². The number of hydrogen-bond acceptors (Lipinski definition) is 5. The number of ether oxygens (including phenoxy) is 1. The van der Waals surface area contributed by atoms with E-state index < -0.39 is 0 Å². The van der Waals surface area contributed by atoms with Crippen molar-refractivity contribution in [3.8, 4) is 5.69 Å². The van der Waals surface area contributed by atoms with Crippen LogP contribution in [0, 0.1) is 0 Å². The van der Waals surface area contributed by atoms with Gasteiger partial charge in [0.1, 0.15) is 5.69 Å². The lowest BCUT2D eigenvalue weighted by molar-refractivity contribution is 0.0526. The highest BCUT2D eigenvalue weighted by Gasteiger charge is 2.31. The zero-order valence-electron chi connectivity index (χ0n) is 11.7. The summed E-state index contributed by atoms with van der Waals surface area (Å²) in [4.78, 5) is 22.7. The molecule has 0 aliphatic heterocycles. The van der Waals surface area contributed by atoms with Gasteiger partial charge in [-0.3, -0.25) is 4.79 Å². The monoisotopic (exact) mass is 285 g/mol. The summed E-state index contributed by atoms with van der Waals surface area (Å²) in [6, 6.07) is 6.93. The molecule has 0 radical (unpaired) electrons. The second-order valence-electron chi connectivity index (χ2n) is 4.93. The Morgan fingerprint density at radius 1 is 1.38 bits per heavy atom. The lowest BCUT2D eigenvalue weighted by Crippen LogP contribution is -2.06. The van der Waals surface area contributed by atoms with Gasteiger partial charge in [-0.2, -0.15) is 0 Å². The van der Waals surface area contributed by atoms with E-state index in [4.69, 9.17) is 4.74 Å². The summed E-state index contributed by atoms with van der Waals surface area (Å²) < 4.78 is 6.62. The molecule has 1 aromatic carbocycles. The standard InChI is InChI=1S/C15H15N3O3/c1-2-21-15(20)11-5-7-12(8-6-11)18-14(10-3-4-10)13(9-19)16-17-18/h5-10H,2-4H2,1H3. The predicted molar refractivity (Wildman–Crippen MR) is 74.7 cm³/mol. The molecule has 21 heavy (non-hydrogen) atoms. The van der Waals surface area contributed by atoms with Crippen molar-refractivity contribution in [1.29, 1.82) is 0 Å². The van der Waals surface area contributed by atoms with Crippen molar-refractivity contribution in [2.24, 2.45) is 0 Å². The number of aldehydes is 1. The summed E-state index contributed by atoms with van der Waals surface area (Å²) in [6.45, 7) is 2.11. The average molecular weight is 285 g/mol. The lowest BCUT2D eigenvalue weighted by atomic mass is 10.2. The predicted octanol–water partition coefficient (Wildman–Crippen LogP) is 2.13. The Labute approximate surface area is 121 Å². The highest BCUT2D eigenvalue weighted by molar-refractivity contribution is 5.89. The van der Waals surface area contributed by atoms with Crippen LogP contribution in [0.3, 0.4) is 0 Å². The molecule has 0 amide bonds.